The zero-order valence-electron chi connectivity index (χ0n) is 15.2. The Morgan fingerprint density at radius 1 is 1.22 bits per heavy atom. The number of carbonyl (C=O) groups excluding carboxylic acids is 1. The Kier molecular flexibility index (Phi) is 4.63. The van der Waals surface area contributed by atoms with E-state index in [1.165, 1.54) is 4.31 Å². The minimum absolute atomic E-state index is 0.0754. The molecule has 0 saturated carbocycles. The third-order valence-electron chi connectivity index (χ3n) is 5.16. The van der Waals surface area contributed by atoms with Gasteiger partial charge in [-0.05, 0) is 44.4 Å². The molecule has 4 rings (SSSR count). The lowest BCUT2D eigenvalue weighted by atomic mass is 9.96. The first-order valence-corrected chi connectivity index (χ1v) is 10.7. The topological polar surface area (TPSA) is 96.6 Å². The second kappa shape index (κ2) is 6.95. The summed E-state index contributed by atoms with van der Waals surface area (Å²) in [5, 5.41) is 3.83. The monoisotopic (exact) mass is 390 g/mol. The summed E-state index contributed by atoms with van der Waals surface area (Å²) >= 11 is 0. The molecule has 0 radical (unpaired) electrons. The molecule has 0 bridgehead atoms. The SMILES string of the molecule is Cc1noc(C2CCN(C(=O)c3cccc(N4CCCS4(=O)=O)c3)CC2)n1. The Balaban J connectivity index is 1.45. The van der Waals surface area contributed by atoms with Crippen molar-refractivity contribution in [2.45, 2.75) is 32.1 Å². The number of anilines is 1. The number of nitrogens with zero attached hydrogens (tertiary/aromatic N) is 4. The van der Waals surface area contributed by atoms with E-state index in [0.717, 1.165) is 12.8 Å². The molecule has 0 unspecified atom stereocenters. The van der Waals surface area contributed by atoms with E-state index >= 15 is 0 Å². The normalized spacial score (nSPS) is 20.2. The highest BCUT2D eigenvalue weighted by Crippen LogP contribution is 2.29. The van der Waals surface area contributed by atoms with Crippen LogP contribution in [0.2, 0.25) is 0 Å². The Morgan fingerprint density at radius 3 is 2.63 bits per heavy atom. The highest BCUT2D eigenvalue weighted by Gasteiger charge is 2.30. The lowest BCUT2D eigenvalue weighted by Gasteiger charge is -2.30. The van der Waals surface area contributed by atoms with Gasteiger partial charge >= 0.3 is 0 Å². The molecule has 1 aromatic heterocycles. The molecule has 1 aromatic carbocycles. The Hall–Kier alpha value is -2.42. The number of piperidine rings is 1. The third kappa shape index (κ3) is 3.55. The standard InChI is InChI=1S/C18H22N4O4S/c1-13-19-17(26-20-13)14-6-9-21(10-7-14)18(23)15-4-2-5-16(12-15)22-8-3-11-27(22,24)25/h2,4-5,12,14H,3,6-11H2,1H3. The van der Waals surface area contributed by atoms with E-state index in [1.54, 1.807) is 36.1 Å². The second-order valence-electron chi connectivity index (χ2n) is 7.04. The number of hydrogen-bond acceptors (Lipinski definition) is 6. The van der Waals surface area contributed by atoms with Gasteiger partial charge in [0.2, 0.25) is 15.9 Å². The summed E-state index contributed by atoms with van der Waals surface area (Å²) in [7, 11) is -3.26. The van der Waals surface area contributed by atoms with Gasteiger partial charge in [0.15, 0.2) is 5.82 Å². The molecule has 0 N–H and O–H groups in total. The number of rotatable bonds is 3. The molecule has 0 aliphatic carbocycles. The Morgan fingerprint density at radius 2 is 2.00 bits per heavy atom. The van der Waals surface area contributed by atoms with Gasteiger partial charge in [-0.15, -0.1) is 0 Å². The summed E-state index contributed by atoms with van der Waals surface area (Å²) in [6.45, 7) is 3.47. The minimum atomic E-state index is -3.26. The van der Waals surface area contributed by atoms with Crippen molar-refractivity contribution in [3.8, 4) is 0 Å². The summed E-state index contributed by atoms with van der Waals surface area (Å²) in [6.07, 6.45) is 2.16. The number of benzene rings is 1. The average molecular weight is 390 g/mol. The van der Waals surface area contributed by atoms with Gasteiger partial charge in [-0.25, -0.2) is 8.42 Å². The number of hydrogen-bond donors (Lipinski definition) is 0. The molecule has 2 aliphatic rings. The van der Waals surface area contributed by atoms with Crippen molar-refractivity contribution in [2.75, 3.05) is 29.7 Å². The highest BCUT2D eigenvalue weighted by molar-refractivity contribution is 7.93. The van der Waals surface area contributed by atoms with Crippen LogP contribution < -0.4 is 4.31 Å². The summed E-state index contributed by atoms with van der Waals surface area (Å²) in [5.41, 5.74) is 1.08. The fraction of sp³-hybridized carbons (Fsp3) is 0.500. The van der Waals surface area contributed by atoms with E-state index in [2.05, 4.69) is 10.1 Å². The number of carbonyl (C=O) groups is 1. The van der Waals surface area contributed by atoms with E-state index in [0.29, 0.717) is 49.0 Å². The molecule has 2 fully saturated rings. The number of aromatic nitrogens is 2. The predicted octanol–water partition coefficient (Wildman–Crippen LogP) is 1.94. The summed E-state index contributed by atoms with van der Waals surface area (Å²) in [6, 6.07) is 6.90. The maximum absolute atomic E-state index is 12.9. The van der Waals surface area contributed by atoms with E-state index < -0.39 is 10.0 Å². The van der Waals surface area contributed by atoms with Crippen LogP contribution in [0.5, 0.6) is 0 Å². The van der Waals surface area contributed by atoms with Crippen LogP contribution in [0, 0.1) is 6.92 Å². The third-order valence-corrected chi connectivity index (χ3v) is 7.02. The first-order valence-electron chi connectivity index (χ1n) is 9.14. The van der Waals surface area contributed by atoms with E-state index in [9.17, 15) is 13.2 Å². The number of sulfonamides is 1. The lowest BCUT2D eigenvalue weighted by Crippen LogP contribution is -2.38. The Labute approximate surface area is 158 Å². The predicted molar refractivity (Wildman–Crippen MR) is 99.1 cm³/mol. The van der Waals surface area contributed by atoms with Gasteiger partial charge < -0.3 is 9.42 Å². The van der Waals surface area contributed by atoms with E-state index in [-0.39, 0.29) is 17.6 Å². The maximum Gasteiger partial charge on any atom is 0.253 e. The molecule has 8 nitrogen and oxygen atoms in total. The molecule has 0 spiro atoms. The molecular weight excluding hydrogens is 368 g/mol. The molecule has 144 valence electrons. The first kappa shape index (κ1) is 18.0. The van der Waals surface area contributed by atoms with Crippen LogP contribution in [0.3, 0.4) is 0 Å². The highest BCUT2D eigenvalue weighted by atomic mass is 32.2. The first-order chi connectivity index (χ1) is 12.9. The molecule has 2 saturated heterocycles. The van der Waals surface area contributed by atoms with Gasteiger partial charge in [0.25, 0.3) is 5.91 Å². The van der Waals surface area contributed by atoms with Gasteiger partial charge in [0.05, 0.1) is 11.4 Å². The molecule has 2 aliphatic heterocycles. The molecule has 1 amide bonds. The number of likely N-dealkylation sites (tertiary alicyclic amines) is 1. The van der Waals surface area contributed by atoms with Gasteiger partial charge in [-0.1, -0.05) is 11.2 Å². The fourth-order valence-electron chi connectivity index (χ4n) is 3.71. The molecular formula is C18H22N4O4S. The summed E-state index contributed by atoms with van der Waals surface area (Å²) in [4.78, 5) is 19.0. The molecule has 2 aromatic rings. The van der Waals surface area contributed by atoms with Crippen molar-refractivity contribution in [1.82, 2.24) is 15.0 Å². The van der Waals surface area contributed by atoms with Crippen molar-refractivity contribution < 1.29 is 17.7 Å². The van der Waals surface area contributed by atoms with Gasteiger partial charge in [0, 0.05) is 31.1 Å². The van der Waals surface area contributed by atoms with E-state index in [1.807, 2.05) is 0 Å². The zero-order chi connectivity index (χ0) is 19.0. The van der Waals surface area contributed by atoms with Crippen LogP contribution in [0.25, 0.3) is 0 Å². The largest absolute Gasteiger partial charge is 0.339 e. The molecule has 3 heterocycles. The summed E-state index contributed by atoms with van der Waals surface area (Å²) < 4.78 is 30.9. The van der Waals surface area contributed by atoms with Gasteiger partial charge in [0.1, 0.15) is 0 Å². The van der Waals surface area contributed by atoms with Crippen LogP contribution in [-0.2, 0) is 10.0 Å². The van der Waals surface area contributed by atoms with Crippen LogP contribution in [-0.4, -0.2) is 54.8 Å². The van der Waals surface area contributed by atoms with Crippen molar-refractivity contribution >= 4 is 21.6 Å². The van der Waals surface area contributed by atoms with Crippen molar-refractivity contribution in [2.24, 2.45) is 0 Å². The van der Waals surface area contributed by atoms with Crippen LogP contribution in [0.1, 0.15) is 47.3 Å². The summed E-state index contributed by atoms with van der Waals surface area (Å²) in [5.74, 6) is 1.52. The van der Waals surface area contributed by atoms with Crippen molar-refractivity contribution in [1.29, 1.82) is 0 Å². The number of amides is 1. The van der Waals surface area contributed by atoms with Crippen LogP contribution in [0.4, 0.5) is 5.69 Å². The number of aryl methyl sites for hydroxylation is 1. The van der Waals surface area contributed by atoms with Crippen LogP contribution >= 0.6 is 0 Å². The average Bonchev–Trinajstić information content (AvgIpc) is 3.26. The van der Waals surface area contributed by atoms with Crippen molar-refractivity contribution in [3.05, 3.63) is 41.5 Å². The fourth-order valence-corrected chi connectivity index (χ4v) is 5.27. The smallest absolute Gasteiger partial charge is 0.253 e. The molecule has 0 atom stereocenters. The lowest BCUT2D eigenvalue weighted by molar-refractivity contribution is 0.0704. The van der Waals surface area contributed by atoms with Gasteiger partial charge in [-0.2, -0.15) is 4.98 Å². The quantitative estimate of drug-likeness (QED) is 0.795. The van der Waals surface area contributed by atoms with Crippen LogP contribution in [0.15, 0.2) is 28.8 Å². The zero-order valence-corrected chi connectivity index (χ0v) is 16.0. The maximum atomic E-state index is 12.9. The van der Waals surface area contributed by atoms with E-state index in [4.69, 9.17) is 4.52 Å². The molecule has 9 heteroatoms. The second-order valence-corrected chi connectivity index (χ2v) is 9.05. The van der Waals surface area contributed by atoms with Gasteiger partial charge in [-0.3, -0.25) is 9.10 Å². The Bertz CT molecular complexity index is 948. The minimum Gasteiger partial charge on any atom is -0.339 e. The van der Waals surface area contributed by atoms with Crippen molar-refractivity contribution in [3.63, 3.8) is 0 Å². The molecule has 27 heavy (non-hydrogen) atoms.